The molecule has 2 aromatic rings. The maximum atomic E-state index is 13.0. The van der Waals surface area contributed by atoms with Gasteiger partial charge in [-0.05, 0) is 57.5 Å². The smallest absolute Gasteiger partial charge is 0.261 e. The molecule has 0 unspecified atom stereocenters. The van der Waals surface area contributed by atoms with E-state index in [-0.39, 0.29) is 11.8 Å². The number of amides is 1. The maximum absolute atomic E-state index is 13.0. The zero-order valence-corrected chi connectivity index (χ0v) is 19.1. The van der Waals surface area contributed by atoms with Gasteiger partial charge in [-0.25, -0.2) is 4.98 Å². The van der Waals surface area contributed by atoms with Crippen LogP contribution in [0.15, 0.2) is 48.6 Å². The van der Waals surface area contributed by atoms with E-state index >= 15 is 0 Å². The molecule has 0 radical (unpaired) electrons. The quantitative estimate of drug-likeness (QED) is 0.440. The number of alkyl halides is 1. The minimum Gasteiger partial charge on any atom is -0.480 e. The van der Waals surface area contributed by atoms with Crippen molar-refractivity contribution in [1.29, 1.82) is 0 Å². The summed E-state index contributed by atoms with van der Waals surface area (Å²) < 4.78 is 10.9. The molecule has 4 rings (SSSR count). The molecule has 0 aliphatic carbocycles. The van der Waals surface area contributed by atoms with Crippen molar-refractivity contribution in [2.45, 2.75) is 31.6 Å². The molecule has 170 valence electrons. The molecule has 0 N–H and O–H groups in total. The fraction of sp³-hybridized carbons (Fsp3) is 0.458. The number of para-hydroxylation sites is 1. The average molecular weight is 457 g/mol. The Kier molecular flexibility index (Phi) is 7.60. The zero-order valence-electron chi connectivity index (χ0n) is 18.4. The lowest BCUT2D eigenvalue weighted by atomic mass is 9.93. The lowest BCUT2D eigenvalue weighted by Gasteiger charge is -2.31. The standard InChI is InChI=1S/C24H29ClN4O3/c1-31-23-16-26-15-21(27-23)18-8-12-28(13-9-18)10-4-5-11-29-19(14-25)17-32-22-7-3-2-6-20(22)24(29)30/h2-3,6-7,15-18H,4-5,8-14H2,1H3. The molecule has 2 aliphatic heterocycles. The first-order valence-corrected chi connectivity index (χ1v) is 11.6. The minimum atomic E-state index is -0.0507. The van der Waals surface area contributed by atoms with Crippen molar-refractivity contribution in [3.05, 3.63) is 59.9 Å². The number of halogens is 1. The number of ether oxygens (including phenoxy) is 2. The van der Waals surface area contributed by atoms with E-state index in [4.69, 9.17) is 21.1 Å². The first-order chi connectivity index (χ1) is 15.7. The van der Waals surface area contributed by atoms with Crippen LogP contribution in [0.4, 0.5) is 0 Å². The largest absolute Gasteiger partial charge is 0.480 e. The van der Waals surface area contributed by atoms with E-state index in [2.05, 4.69) is 14.9 Å². The fourth-order valence-electron chi connectivity index (χ4n) is 4.28. The van der Waals surface area contributed by atoms with Crippen molar-refractivity contribution >= 4 is 17.5 Å². The highest BCUT2D eigenvalue weighted by molar-refractivity contribution is 6.19. The van der Waals surface area contributed by atoms with E-state index in [1.807, 2.05) is 18.3 Å². The molecule has 0 spiro atoms. The van der Waals surface area contributed by atoms with E-state index in [9.17, 15) is 4.79 Å². The molecule has 1 aromatic heterocycles. The fourth-order valence-corrected chi connectivity index (χ4v) is 4.49. The summed E-state index contributed by atoms with van der Waals surface area (Å²) in [7, 11) is 1.62. The third kappa shape index (κ3) is 5.22. The van der Waals surface area contributed by atoms with Crippen molar-refractivity contribution in [2.75, 3.05) is 39.2 Å². The number of nitrogens with zero attached hydrogens (tertiary/aromatic N) is 4. The second-order valence-corrected chi connectivity index (χ2v) is 8.39. The highest BCUT2D eigenvalue weighted by Crippen LogP contribution is 2.28. The number of unbranched alkanes of at least 4 members (excludes halogenated alkanes) is 1. The summed E-state index contributed by atoms with van der Waals surface area (Å²) >= 11 is 6.11. The van der Waals surface area contributed by atoms with E-state index in [1.54, 1.807) is 36.6 Å². The van der Waals surface area contributed by atoms with Crippen LogP contribution in [0.3, 0.4) is 0 Å². The number of benzene rings is 1. The molecular formula is C24H29ClN4O3. The van der Waals surface area contributed by atoms with Crippen LogP contribution in [0.25, 0.3) is 0 Å². The monoisotopic (exact) mass is 456 g/mol. The summed E-state index contributed by atoms with van der Waals surface area (Å²) in [6.45, 7) is 3.73. The lowest BCUT2D eigenvalue weighted by molar-refractivity contribution is 0.0804. The Morgan fingerprint density at radius 3 is 2.72 bits per heavy atom. The zero-order chi connectivity index (χ0) is 22.3. The van der Waals surface area contributed by atoms with Gasteiger partial charge < -0.3 is 19.3 Å². The van der Waals surface area contributed by atoms with Crippen molar-refractivity contribution in [2.24, 2.45) is 0 Å². The molecule has 1 amide bonds. The van der Waals surface area contributed by atoms with Crippen LogP contribution in [0, 0.1) is 0 Å². The summed E-state index contributed by atoms with van der Waals surface area (Å²) in [6, 6.07) is 7.32. The van der Waals surface area contributed by atoms with Gasteiger partial charge in [0.25, 0.3) is 5.91 Å². The van der Waals surface area contributed by atoms with Gasteiger partial charge in [0.2, 0.25) is 5.88 Å². The summed E-state index contributed by atoms with van der Waals surface area (Å²) in [4.78, 5) is 26.1. The van der Waals surface area contributed by atoms with Crippen molar-refractivity contribution in [1.82, 2.24) is 19.8 Å². The van der Waals surface area contributed by atoms with Crippen molar-refractivity contribution in [3.63, 3.8) is 0 Å². The second kappa shape index (κ2) is 10.8. The van der Waals surface area contributed by atoms with E-state index in [0.717, 1.165) is 51.0 Å². The van der Waals surface area contributed by atoms with Crippen LogP contribution < -0.4 is 9.47 Å². The number of piperidine rings is 1. The highest BCUT2D eigenvalue weighted by Gasteiger charge is 2.26. The summed E-state index contributed by atoms with van der Waals surface area (Å²) in [5.41, 5.74) is 2.30. The molecule has 0 bridgehead atoms. The van der Waals surface area contributed by atoms with Crippen molar-refractivity contribution < 1.29 is 14.3 Å². The normalized spacial score (nSPS) is 17.4. The molecule has 0 atom stereocenters. The summed E-state index contributed by atoms with van der Waals surface area (Å²) in [5, 5.41) is 0. The number of aromatic nitrogens is 2. The molecule has 2 aliphatic rings. The van der Waals surface area contributed by atoms with Crippen LogP contribution in [0.2, 0.25) is 0 Å². The molecule has 1 saturated heterocycles. The molecule has 32 heavy (non-hydrogen) atoms. The molecular weight excluding hydrogens is 428 g/mol. The Morgan fingerprint density at radius 1 is 1.16 bits per heavy atom. The topological polar surface area (TPSA) is 67.8 Å². The van der Waals surface area contributed by atoms with Gasteiger partial charge in [0.15, 0.2) is 0 Å². The van der Waals surface area contributed by atoms with Gasteiger partial charge in [-0.15, -0.1) is 11.6 Å². The molecule has 1 fully saturated rings. The first kappa shape index (κ1) is 22.6. The van der Waals surface area contributed by atoms with Gasteiger partial charge in [-0.2, -0.15) is 0 Å². The average Bonchev–Trinajstić information content (AvgIpc) is 2.98. The van der Waals surface area contributed by atoms with Gasteiger partial charge in [-0.3, -0.25) is 9.78 Å². The Labute approximate surface area is 194 Å². The summed E-state index contributed by atoms with van der Waals surface area (Å²) in [5.74, 6) is 1.77. The van der Waals surface area contributed by atoms with Gasteiger partial charge in [0, 0.05) is 18.7 Å². The van der Waals surface area contributed by atoms with Gasteiger partial charge >= 0.3 is 0 Å². The van der Waals surface area contributed by atoms with Gasteiger partial charge in [-0.1, -0.05) is 12.1 Å². The molecule has 7 nitrogen and oxygen atoms in total. The van der Waals surface area contributed by atoms with E-state index < -0.39 is 0 Å². The Morgan fingerprint density at radius 2 is 1.94 bits per heavy atom. The van der Waals surface area contributed by atoms with Crippen LogP contribution in [-0.4, -0.2) is 64.8 Å². The second-order valence-electron chi connectivity index (χ2n) is 8.12. The number of likely N-dealkylation sites (tertiary alicyclic amines) is 1. The first-order valence-electron chi connectivity index (χ1n) is 11.1. The Balaban J connectivity index is 1.25. The van der Waals surface area contributed by atoms with E-state index in [0.29, 0.717) is 35.4 Å². The van der Waals surface area contributed by atoms with Crippen LogP contribution in [0.5, 0.6) is 11.6 Å². The van der Waals surface area contributed by atoms with E-state index in [1.165, 1.54) is 0 Å². The number of hydrogen-bond donors (Lipinski definition) is 0. The van der Waals surface area contributed by atoms with Gasteiger partial charge in [0.1, 0.15) is 12.0 Å². The Bertz CT molecular complexity index is 960. The van der Waals surface area contributed by atoms with Crippen LogP contribution in [0.1, 0.15) is 47.7 Å². The molecule has 8 heteroatoms. The predicted molar refractivity (Wildman–Crippen MR) is 123 cm³/mol. The summed E-state index contributed by atoms with van der Waals surface area (Å²) in [6.07, 6.45) is 9.16. The van der Waals surface area contributed by atoms with Gasteiger partial charge in [0.05, 0.1) is 36.1 Å². The van der Waals surface area contributed by atoms with Crippen LogP contribution >= 0.6 is 11.6 Å². The third-order valence-corrected chi connectivity index (χ3v) is 6.39. The maximum Gasteiger partial charge on any atom is 0.261 e. The lowest BCUT2D eigenvalue weighted by Crippen LogP contribution is -2.35. The number of carbonyl (C=O) groups excluding carboxylic acids is 1. The molecule has 1 aromatic carbocycles. The highest BCUT2D eigenvalue weighted by atomic mass is 35.5. The third-order valence-electron chi connectivity index (χ3n) is 6.12. The molecule has 0 saturated carbocycles. The number of methoxy groups -OCH3 is 1. The van der Waals surface area contributed by atoms with Crippen LogP contribution in [-0.2, 0) is 0 Å². The number of carbonyl (C=O) groups is 1. The SMILES string of the molecule is COc1cncc(C2CCN(CCCCN3C(=O)c4ccccc4OC=C3CCl)CC2)n1. The predicted octanol–water partition coefficient (Wildman–Crippen LogP) is 4.06. The number of fused-ring (bicyclic) bond motifs is 1. The van der Waals surface area contributed by atoms with Crippen molar-refractivity contribution in [3.8, 4) is 11.6 Å². The number of rotatable bonds is 8. The molecule has 3 heterocycles. The number of hydrogen-bond acceptors (Lipinski definition) is 6. The number of allylic oxidation sites excluding steroid dienone is 1. The Hall–Kier alpha value is -2.64. The minimum absolute atomic E-state index is 0.0507.